The van der Waals surface area contributed by atoms with Gasteiger partial charge in [0.15, 0.2) is 0 Å². The number of phenolic OH excluding ortho intramolecular Hbond substituents is 1. The average molecular weight is 159 g/mol. The summed E-state index contributed by atoms with van der Waals surface area (Å²) in [6.45, 7) is 0. The van der Waals surface area contributed by atoms with E-state index in [0.717, 1.165) is 5.56 Å². The molecule has 0 atom stereocenters. The highest BCUT2D eigenvalue weighted by Crippen LogP contribution is 2.42. The second kappa shape index (κ2) is 2.53. The molecule has 1 aliphatic rings. The van der Waals surface area contributed by atoms with Crippen molar-refractivity contribution in [3.8, 4) is 11.8 Å². The average Bonchev–Trinajstić information content (AvgIpc) is 2.87. The molecule has 2 heteroatoms. The molecule has 0 aromatic heterocycles. The number of nitriles is 1. The van der Waals surface area contributed by atoms with Crippen molar-refractivity contribution >= 4 is 0 Å². The van der Waals surface area contributed by atoms with Crippen LogP contribution in [0.15, 0.2) is 18.2 Å². The van der Waals surface area contributed by atoms with Crippen molar-refractivity contribution in [3.63, 3.8) is 0 Å². The molecule has 2 rings (SSSR count). The quantitative estimate of drug-likeness (QED) is 0.682. The van der Waals surface area contributed by atoms with Crippen LogP contribution in [0.25, 0.3) is 0 Å². The van der Waals surface area contributed by atoms with E-state index in [1.807, 2.05) is 6.07 Å². The summed E-state index contributed by atoms with van der Waals surface area (Å²) in [5, 5.41) is 17.9. The van der Waals surface area contributed by atoms with Crippen molar-refractivity contribution in [2.24, 2.45) is 0 Å². The third kappa shape index (κ3) is 1.14. The van der Waals surface area contributed by atoms with E-state index in [-0.39, 0.29) is 5.75 Å². The van der Waals surface area contributed by atoms with Gasteiger partial charge in [0.2, 0.25) is 0 Å². The molecule has 1 aromatic carbocycles. The maximum Gasteiger partial charge on any atom is 0.116 e. The molecule has 0 aliphatic heterocycles. The van der Waals surface area contributed by atoms with E-state index < -0.39 is 0 Å². The Morgan fingerprint density at radius 1 is 1.42 bits per heavy atom. The first kappa shape index (κ1) is 7.17. The molecule has 1 fully saturated rings. The van der Waals surface area contributed by atoms with Crippen molar-refractivity contribution in [1.29, 1.82) is 5.26 Å². The first-order chi connectivity index (χ1) is 5.81. The van der Waals surface area contributed by atoms with E-state index in [9.17, 15) is 0 Å². The van der Waals surface area contributed by atoms with E-state index in [1.54, 1.807) is 6.07 Å². The van der Waals surface area contributed by atoms with Gasteiger partial charge in [-0.3, -0.25) is 0 Å². The predicted molar refractivity (Wildman–Crippen MR) is 44.8 cm³/mol. The Balaban J connectivity index is 2.47. The van der Waals surface area contributed by atoms with E-state index >= 15 is 0 Å². The second-order valence-electron chi connectivity index (χ2n) is 3.16. The van der Waals surface area contributed by atoms with Crippen LogP contribution in [0, 0.1) is 11.3 Å². The molecule has 2 nitrogen and oxygen atoms in total. The van der Waals surface area contributed by atoms with E-state index in [4.69, 9.17) is 10.4 Å². The van der Waals surface area contributed by atoms with Gasteiger partial charge in [0, 0.05) is 0 Å². The van der Waals surface area contributed by atoms with Gasteiger partial charge in [0.25, 0.3) is 0 Å². The summed E-state index contributed by atoms with van der Waals surface area (Å²) in [6, 6.07) is 7.13. The largest absolute Gasteiger partial charge is 0.508 e. The molecule has 0 amide bonds. The van der Waals surface area contributed by atoms with Crippen molar-refractivity contribution in [1.82, 2.24) is 0 Å². The van der Waals surface area contributed by atoms with Crippen LogP contribution < -0.4 is 0 Å². The Bertz CT molecular complexity index is 347. The van der Waals surface area contributed by atoms with Crippen LogP contribution >= 0.6 is 0 Å². The van der Waals surface area contributed by atoms with E-state index in [0.29, 0.717) is 11.5 Å². The molecular weight excluding hydrogens is 150 g/mol. The zero-order chi connectivity index (χ0) is 8.55. The van der Waals surface area contributed by atoms with E-state index in [1.165, 1.54) is 18.9 Å². The lowest BCUT2D eigenvalue weighted by Crippen LogP contribution is -1.85. The minimum absolute atomic E-state index is 0.177. The molecular formula is C10H9NO. The summed E-state index contributed by atoms with van der Waals surface area (Å²) in [5.41, 5.74) is 1.72. The Kier molecular flexibility index (Phi) is 1.51. The normalized spacial score (nSPS) is 15.6. The summed E-state index contributed by atoms with van der Waals surface area (Å²) in [4.78, 5) is 0. The molecule has 0 spiro atoms. The lowest BCUT2D eigenvalue weighted by Gasteiger charge is -2.00. The first-order valence-corrected chi connectivity index (χ1v) is 4.04. The number of hydrogen-bond acceptors (Lipinski definition) is 2. The number of aromatic hydroxyl groups is 1. The Morgan fingerprint density at radius 3 is 2.75 bits per heavy atom. The summed E-state index contributed by atoms with van der Waals surface area (Å²) in [6.07, 6.45) is 2.36. The summed E-state index contributed by atoms with van der Waals surface area (Å²) >= 11 is 0. The monoisotopic (exact) mass is 159 g/mol. The maximum absolute atomic E-state index is 9.12. The topological polar surface area (TPSA) is 44.0 Å². The third-order valence-corrected chi connectivity index (χ3v) is 2.17. The van der Waals surface area contributed by atoms with E-state index in [2.05, 4.69) is 6.07 Å². The van der Waals surface area contributed by atoms with Crippen molar-refractivity contribution in [2.45, 2.75) is 18.8 Å². The zero-order valence-corrected chi connectivity index (χ0v) is 6.62. The highest BCUT2D eigenvalue weighted by molar-refractivity contribution is 5.45. The molecule has 0 saturated heterocycles. The molecule has 1 aromatic rings. The predicted octanol–water partition coefficient (Wildman–Crippen LogP) is 2.14. The zero-order valence-electron chi connectivity index (χ0n) is 6.62. The fraction of sp³-hybridized carbons (Fsp3) is 0.300. The maximum atomic E-state index is 9.12. The molecule has 0 bridgehead atoms. The molecule has 1 saturated carbocycles. The van der Waals surface area contributed by atoms with Crippen molar-refractivity contribution in [2.75, 3.05) is 0 Å². The minimum Gasteiger partial charge on any atom is -0.508 e. The van der Waals surface area contributed by atoms with Crippen LogP contribution in [0.2, 0.25) is 0 Å². The minimum atomic E-state index is 0.177. The number of hydrogen-bond donors (Lipinski definition) is 1. The molecule has 1 N–H and O–H groups in total. The van der Waals surface area contributed by atoms with Gasteiger partial charge >= 0.3 is 0 Å². The SMILES string of the molecule is N#Cc1cc(O)ccc1C1CC1. The molecule has 12 heavy (non-hydrogen) atoms. The Hall–Kier alpha value is -1.49. The third-order valence-electron chi connectivity index (χ3n) is 2.17. The first-order valence-electron chi connectivity index (χ1n) is 4.04. The smallest absolute Gasteiger partial charge is 0.116 e. The van der Waals surface area contributed by atoms with Gasteiger partial charge in [-0.2, -0.15) is 5.26 Å². The highest BCUT2D eigenvalue weighted by Gasteiger charge is 2.25. The highest BCUT2D eigenvalue weighted by atomic mass is 16.3. The fourth-order valence-electron chi connectivity index (χ4n) is 1.39. The standard InChI is InChI=1S/C10H9NO/c11-6-8-5-9(12)3-4-10(8)7-1-2-7/h3-5,7,12H,1-2H2. The van der Waals surface area contributed by atoms with Crippen molar-refractivity contribution < 1.29 is 5.11 Å². The summed E-state index contributed by atoms with van der Waals surface area (Å²) in [5.74, 6) is 0.746. The lowest BCUT2D eigenvalue weighted by molar-refractivity contribution is 0.475. The summed E-state index contributed by atoms with van der Waals surface area (Å²) in [7, 11) is 0. The Morgan fingerprint density at radius 2 is 2.17 bits per heavy atom. The van der Waals surface area contributed by atoms with Gasteiger partial charge in [-0.05, 0) is 36.5 Å². The number of benzene rings is 1. The van der Waals surface area contributed by atoms with Crippen LogP contribution in [0.3, 0.4) is 0 Å². The second-order valence-corrected chi connectivity index (χ2v) is 3.16. The van der Waals surface area contributed by atoms with Crippen LogP contribution in [-0.2, 0) is 0 Å². The van der Waals surface area contributed by atoms with Crippen LogP contribution in [0.4, 0.5) is 0 Å². The van der Waals surface area contributed by atoms with Crippen molar-refractivity contribution in [3.05, 3.63) is 29.3 Å². The number of phenols is 1. The fourth-order valence-corrected chi connectivity index (χ4v) is 1.39. The van der Waals surface area contributed by atoms with Crippen LogP contribution in [0.5, 0.6) is 5.75 Å². The van der Waals surface area contributed by atoms with Gasteiger partial charge in [-0.1, -0.05) is 6.07 Å². The van der Waals surface area contributed by atoms with Crippen LogP contribution in [-0.4, -0.2) is 5.11 Å². The molecule has 1 aliphatic carbocycles. The molecule has 0 unspecified atom stereocenters. The van der Waals surface area contributed by atoms with Crippen LogP contribution in [0.1, 0.15) is 29.9 Å². The number of rotatable bonds is 1. The molecule has 0 radical (unpaired) electrons. The Labute approximate surface area is 71.1 Å². The van der Waals surface area contributed by atoms with Gasteiger partial charge in [-0.15, -0.1) is 0 Å². The molecule has 0 heterocycles. The number of nitrogens with zero attached hydrogens (tertiary/aromatic N) is 1. The van der Waals surface area contributed by atoms with Gasteiger partial charge in [0.05, 0.1) is 11.6 Å². The molecule has 60 valence electrons. The van der Waals surface area contributed by atoms with Gasteiger partial charge in [-0.25, -0.2) is 0 Å². The van der Waals surface area contributed by atoms with Gasteiger partial charge in [0.1, 0.15) is 5.75 Å². The van der Waals surface area contributed by atoms with Gasteiger partial charge < -0.3 is 5.11 Å². The summed E-state index contributed by atoms with van der Waals surface area (Å²) < 4.78 is 0. The lowest BCUT2D eigenvalue weighted by atomic mass is 10.0.